The molecule has 0 unspecified atom stereocenters. The molecule has 0 aliphatic rings. The molecule has 0 N–H and O–H groups in total. The molecule has 82 valence electrons. The van der Waals surface area contributed by atoms with E-state index >= 15 is 0 Å². The summed E-state index contributed by atoms with van der Waals surface area (Å²) in [5.41, 5.74) is 0.431. The Morgan fingerprint density at radius 3 is 1.12 bits per heavy atom. The van der Waals surface area contributed by atoms with Crippen molar-refractivity contribution < 1.29 is 19.2 Å². The lowest BCUT2D eigenvalue weighted by Crippen LogP contribution is -2.12. The second-order valence-electron chi connectivity index (χ2n) is 3.35. The van der Waals surface area contributed by atoms with Crippen LogP contribution in [0.25, 0.3) is 0 Å². The molecule has 0 heterocycles. The smallest absolute Gasteiger partial charge is 0.228 e. The molecule has 1 aromatic rings. The molecule has 0 atom stereocenters. The number of Topliss-reactive ketones (excluding diaryl/α,β-unsaturated/α-hetero) is 4. The van der Waals surface area contributed by atoms with Crippen LogP contribution in [0.3, 0.4) is 0 Å². The summed E-state index contributed by atoms with van der Waals surface area (Å²) < 4.78 is 0. The molecular weight excluding hydrogens is 208 g/mol. The van der Waals surface area contributed by atoms with Crippen LogP contribution in [-0.4, -0.2) is 23.1 Å². The van der Waals surface area contributed by atoms with Crippen LogP contribution in [0.4, 0.5) is 0 Å². The van der Waals surface area contributed by atoms with Gasteiger partial charge in [-0.05, 0) is 0 Å². The number of carbonyl (C=O) groups is 4. The quantitative estimate of drug-likeness (QED) is 0.563. The molecule has 0 fully saturated rings. The fourth-order valence-corrected chi connectivity index (χ4v) is 1.18. The van der Waals surface area contributed by atoms with Crippen molar-refractivity contribution >= 4 is 23.1 Å². The van der Waals surface area contributed by atoms with Gasteiger partial charge < -0.3 is 0 Å². The van der Waals surface area contributed by atoms with E-state index in [1.807, 2.05) is 0 Å². The summed E-state index contributed by atoms with van der Waals surface area (Å²) in [5, 5.41) is 0. The van der Waals surface area contributed by atoms with Gasteiger partial charge in [-0.15, -0.1) is 0 Å². The summed E-state index contributed by atoms with van der Waals surface area (Å²) in [6.07, 6.45) is 0. The minimum Gasteiger partial charge on any atom is -0.291 e. The van der Waals surface area contributed by atoms with E-state index in [1.54, 1.807) is 0 Å². The topological polar surface area (TPSA) is 68.3 Å². The number of benzene rings is 1. The van der Waals surface area contributed by atoms with Gasteiger partial charge in [-0.3, -0.25) is 19.2 Å². The van der Waals surface area contributed by atoms with Gasteiger partial charge in [0, 0.05) is 25.0 Å². The third-order valence-electron chi connectivity index (χ3n) is 2.05. The van der Waals surface area contributed by atoms with Crippen molar-refractivity contribution in [2.24, 2.45) is 0 Å². The van der Waals surface area contributed by atoms with Crippen molar-refractivity contribution in [3.8, 4) is 0 Å². The standard InChI is InChI=1S/C12H10O4/c1-7(13)11(15)9-3-5-10(6-4-9)12(16)8(2)14/h3-6H,1-2H3. The predicted molar refractivity (Wildman–Crippen MR) is 56.5 cm³/mol. The Labute approximate surface area is 92.3 Å². The Morgan fingerprint density at radius 2 is 0.938 bits per heavy atom. The molecule has 0 aliphatic carbocycles. The average molecular weight is 218 g/mol. The zero-order chi connectivity index (χ0) is 12.3. The van der Waals surface area contributed by atoms with Crippen LogP contribution in [0, 0.1) is 0 Å². The summed E-state index contributed by atoms with van der Waals surface area (Å²) in [6, 6.07) is 5.44. The Kier molecular flexibility index (Phi) is 3.45. The summed E-state index contributed by atoms with van der Waals surface area (Å²) in [5.74, 6) is -2.35. The van der Waals surface area contributed by atoms with Crippen molar-refractivity contribution in [3.05, 3.63) is 35.4 Å². The van der Waals surface area contributed by atoms with Crippen molar-refractivity contribution in [2.45, 2.75) is 13.8 Å². The molecule has 0 aliphatic heterocycles. The van der Waals surface area contributed by atoms with E-state index in [1.165, 1.54) is 38.1 Å². The number of carbonyl (C=O) groups excluding carboxylic acids is 4. The zero-order valence-electron chi connectivity index (χ0n) is 8.94. The van der Waals surface area contributed by atoms with E-state index in [4.69, 9.17) is 0 Å². The highest BCUT2D eigenvalue weighted by Gasteiger charge is 2.14. The summed E-state index contributed by atoms with van der Waals surface area (Å²) >= 11 is 0. The molecular formula is C12H10O4. The fourth-order valence-electron chi connectivity index (χ4n) is 1.18. The van der Waals surface area contributed by atoms with Gasteiger partial charge in [-0.1, -0.05) is 24.3 Å². The third-order valence-corrected chi connectivity index (χ3v) is 2.05. The van der Waals surface area contributed by atoms with Crippen LogP contribution in [0.5, 0.6) is 0 Å². The number of hydrogen-bond acceptors (Lipinski definition) is 4. The van der Waals surface area contributed by atoms with Gasteiger partial charge in [0.1, 0.15) is 0 Å². The van der Waals surface area contributed by atoms with Crippen molar-refractivity contribution in [2.75, 3.05) is 0 Å². The molecule has 0 saturated carbocycles. The minimum atomic E-state index is -0.609. The van der Waals surface area contributed by atoms with E-state index in [-0.39, 0.29) is 11.1 Å². The summed E-state index contributed by atoms with van der Waals surface area (Å²) in [6.45, 7) is 2.36. The largest absolute Gasteiger partial charge is 0.291 e. The molecule has 0 spiro atoms. The van der Waals surface area contributed by atoms with Gasteiger partial charge in [0.05, 0.1) is 0 Å². The number of rotatable bonds is 4. The van der Waals surface area contributed by atoms with Crippen LogP contribution in [-0.2, 0) is 9.59 Å². The van der Waals surface area contributed by atoms with Crippen molar-refractivity contribution in [3.63, 3.8) is 0 Å². The second-order valence-corrected chi connectivity index (χ2v) is 3.35. The Bertz CT molecular complexity index is 423. The van der Waals surface area contributed by atoms with Crippen LogP contribution in [0.15, 0.2) is 24.3 Å². The molecule has 16 heavy (non-hydrogen) atoms. The first-order valence-corrected chi connectivity index (χ1v) is 4.64. The fraction of sp³-hybridized carbons (Fsp3) is 0.167. The Balaban J connectivity index is 3.00. The van der Waals surface area contributed by atoms with E-state index in [0.717, 1.165) is 0 Å². The maximum absolute atomic E-state index is 11.3. The lowest BCUT2D eigenvalue weighted by Gasteiger charge is -1.99. The minimum absolute atomic E-state index is 0.215. The first-order chi connectivity index (χ1) is 7.43. The summed E-state index contributed by atoms with van der Waals surface area (Å²) in [7, 11) is 0. The average Bonchev–Trinajstić information content (AvgIpc) is 2.27. The van der Waals surface area contributed by atoms with E-state index in [0.29, 0.717) is 0 Å². The molecule has 1 aromatic carbocycles. The highest BCUT2D eigenvalue weighted by atomic mass is 16.2. The van der Waals surface area contributed by atoms with Gasteiger partial charge in [0.2, 0.25) is 11.6 Å². The lowest BCUT2D eigenvalue weighted by molar-refractivity contribution is -0.113. The SMILES string of the molecule is CC(=O)C(=O)c1ccc(C(=O)C(C)=O)cc1. The van der Waals surface area contributed by atoms with Crippen molar-refractivity contribution in [1.82, 2.24) is 0 Å². The van der Waals surface area contributed by atoms with Gasteiger partial charge >= 0.3 is 0 Å². The maximum Gasteiger partial charge on any atom is 0.228 e. The molecule has 1 rings (SSSR count). The molecule has 4 nitrogen and oxygen atoms in total. The highest BCUT2D eigenvalue weighted by Crippen LogP contribution is 2.07. The van der Waals surface area contributed by atoms with Crippen LogP contribution in [0.2, 0.25) is 0 Å². The van der Waals surface area contributed by atoms with Crippen molar-refractivity contribution in [1.29, 1.82) is 0 Å². The molecule has 0 amide bonds. The van der Waals surface area contributed by atoms with Crippen LogP contribution < -0.4 is 0 Å². The van der Waals surface area contributed by atoms with Crippen LogP contribution >= 0.6 is 0 Å². The summed E-state index contributed by atoms with van der Waals surface area (Å²) in [4.78, 5) is 44.1. The normalized spacial score (nSPS) is 9.62. The number of ketones is 4. The van der Waals surface area contributed by atoms with E-state index in [2.05, 4.69) is 0 Å². The van der Waals surface area contributed by atoms with Gasteiger partial charge in [-0.2, -0.15) is 0 Å². The molecule has 0 aromatic heterocycles. The predicted octanol–water partition coefficient (Wildman–Crippen LogP) is 1.23. The lowest BCUT2D eigenvalue weighted by atomic mass is 10.0. The van der Waals surface area contributed by atoms with Gasteiger partial charge in [0.25, 0.3) is 0 Å². The third kappa shape index (κ3) is 2.48. The zero-order valence-corrected chi connectivity index (χ0v) is 8.94. The van der Waals surface area contributed by atoms with E-state index < -0.39 is 23.1 Å². The molecule has 0 radical (unpaired) electrons. The highest BCUT2D eigenvalue weighted by molar-refractivity contribution is 6.44. The first-order valence-electron chi connectivity index (χ1n) is 4.64. The molecule has 4 heteroatoms. The molecule has 0 bridgehead atoms. The van der Waals surface area contributed by atoms with Gasteiger partial charge in [-0.25, -0.2) is 0 Å². The van der Waals surface area contributed by atoms with Crippen LogP contribution in [0.1, 0.15) is 34.6 Å². The second kappa shape index (κ2) is 4.61. The maximum atomic E-state index is 11.3. The Hall–Kier alpha value is -2.10. The number of hydrogen-bond donors (Lipinski definition) is 0. The van der Waals surface area contributed by atoms with Gasteiger partial charge in [0.15, 0.2) is 11.6 Å². The van der Waals surface area contributed by atoms with E-state index in [9.17, 15) is 19.2 Å². The monoisotopic (exact) mass is 218 g/mol. The Morgan fingerprint density at radius 1 is 0.688 bits per heavy atom. The molecule has 0 saturated heterocycles. The first kappa shape index (κ1) is 12.0.